The smallest absolute Gasteiger partial charge is 0.258 e. The molecule has 0 saturated carbocycles. The van der Waals surface area contributed by atoms with E-state index in [-0.39, 0.29) is 16.1 Å². The van der Waals surface area contributed by atoms with Crippen LogP contribution in [0.3, 0.4) is 0 Å². The van der Waals surface area contributed by atoms with E-state index in [1.807, 2.05) is 0 Å². The number of rotatable bonds is 2. The maximum Gasteiger partial charge on any atom is 0.295 e. The first-order valence-corrected chi connectivity index (χ1v) is 6.68. The van der Waals surface area contributed by atoms with E-state index >= 15 is 0 Å². The number of nitro benzene ring substituents is 1. The molecule has 1 aromatic carbocycles. The molecule has 0 atom stereocenters. The Labute approximate surface area is 100 Å². The van der Waals surface area contributed by atoms with E-state index in [9.17, 15) is 18.5 Å². The molecule has 8 heteroatoms. The molecule has 6 nitrogen and oxygen atoms in total. The molecule has 0 bridgehead atoms. The predicted octanol–water partition coefficient (Wildman–Crippen LogP) is 2.07. The first kappa shape index (κ1) is 11.7. The number of hydrogen-bond donors (Lipinski definition) is 0. The lowest BCUT2D eigenvalue weighted by Crippen LogP contribution is -1.95. The molecule has 0 amide bonds. The van der Waals surface area contributed by atoms with Crippen LogP contribution >= 0.6 is 10.7 Å². The molecule has 2 rings (SSSR count). The van der Waals surface area contributed by atoms with Gasteiger partial charge in [0, 0.05) is 28.3 Å². The van der Waals surface area contributed by atoms with Gasteiger partial charge in [-0.1, -0.05) is 12.1 Å². The number of nitro groups is 1. The molecule has 0 spiro atoms. The summed E-state index contributed by atoms with van der Waals surface area (Å²) < 4.78 is 22.2. The minimum atomic E-state index is -3.89. The van der Waals surface area contributed by atoms with Crippen molar-refractivity contribution in [1.82, 2.24) is 4.98 Å². The van der Waals surface area contributed by atoms with Crippen LogP contribution in [0.25, 0.3) is 10.9 Å². The first-order valence-electron chi connectivity index (χ1n) is 4.37. The lowest BCUT2D eigenvalue weighted by molar-refractivity contribution is -0.383. The Morgan fingerprint density at radius 3 is 2.65 bits per heavy atom. The van der Waals surface area contributed by atoms with Crippen LogP contribution in [0.2, 0.25) is 0 Å². The molecule has 0 aliphatic carbocycles. The van der Waals surface area contributed by atoms with Gasteiger partial charge >= 0.3 is 0 Å². The average molecular weight is 273 g/mol. The summed E-state index contributed by atoms with van der Waals surface area (Å²) in [4.78, 5) is 13.7. The summed E-state index contributed by atoms with van der Waals surface area (Å²) in [5, 5.41) is 11.1. The van der Waals surface area contributed by atoms with Crippen LogP contribution in [-0.2, 0) is 9.05 Å². The highest BCUT2D eigenvalue weighted by atomic mass is 35.7. The van der Waals surface area contributed by atoms with Gasteiger partial charge < -0.3 is 0 Å². The summed E-state index contributed by atoms with van der Waals surface area (Å²) in [7, 11) is 1.27. The Hall–Kier alpha value is -1.73. The molecule has 0 aliphatic rings. The number of aromatic nitrogens is 1. The van der Waals surface area contributed by atoms with Gasteiger partial charge in [0.05, 0.1) is 4.92 Å². The number of pyridine rings is 1. The quantitative estimate of drug-likeness (QED) is 0.474. The van der Waals surface area contributed by atoms with Gasteiger partial charge in [-0.05, 0) is 6.07 Å². The van der Waals surface area contributed by atoms with Crippen LogP contribution in [0.1, 0.15) is 0 Å². The number of halogens is 1. The van der Waals surface area contributed by atoms with Gasteiger partial charge in [0.15, 0.2) is 0 Å². The van der Waals surface area contributed by atoms with Gasteiger partial charge in [-0.25, -0.2) is 13.4 Å². The molecule has 0 unspecified atom stereocenters. The maximum atomic E-state index is 11.1. The lowest BCUT2D eigenvalue weighted by Gasteiger charge is -2.00. The van der Waals surface area contributed by atoms with Crippen molar-refractivity contribution >= 4 is 36.3 Å². The number of benzene rings is 1. The third-order valence-corrected chi connectivity index (χ3v) is 3.46. The number of fused-ring (bicyclic) bond motifs is 1. The van der Waals surface area contributed by atoms with Crippen molar-refractivity contribution in [2.75, 3.05) is 0 Å². The van der Waals surface area contributed by atoms with Gasteiger partial charge in [0.25, 0.3) is 14.7 Å². The van der Waals surface area contributed by atoms with Crippen molar-refractivity contribution in [2.24, 2.45) is 0 Å². The molecule has 2 aromatic rings. The Bertz CT molecular complexity index is 714. The van der Waals surface area contributed by atoms with Crippen LogP contribution < -0.4 is 0 Å². The van der Waals surface area contributed by atoms with E-state index in [4.69, 9.17) is 10.7 Å². The zero-order valence-corrected chi connectivity index (χ0v) is 9.77. The first-order chi connectivity index (χ1) is 7.89. The number of para-hydroxylation sites is 1. The summed E-state index contributed by atoms with van der Waals surface area (Å²) in [6, 6.07) is 5.52. The largest absolute Gasteiger partial charge is 0.295 e. The molecule has 0 aliphatic heterocycles. The highest BCUT2D eigenvalue weighted by Crippen LogP contribution is 2.26. The second-order valence-electron chi connectivity index (χ2n) is 3.21. The van der Waals surface area contributed by atoms with Crippen LogP contribution in [0.4, 0.5) is 5.69 Å². The second-order valence-corrected chi connectivity index (χ2v) is 5.78. The van der Waals surface area contributed by atoms with Crippen LogP contribution in [0.15, 0.2) is 35.4 Å². The second kappa shape index (κ2) is 3.94. The van der Waals surface area contributed by atoms with Gasteiger partial charge in [-0.3, -0.25) is 10.1 Å². The van der Waals surface area contributed by atoms with E-state index in [1.54, 1.807) is 0 Å². The maximum absolute atomic E-state index is 11.1. The van der Waals surface area contributed by atoms with Crippen molar-refractivity contribution in [3.8, 4) is 0 Å². The van der Waals surface area contributed by atoms with E-state index < -0.39 is 14.0 Å². The molecule has 1 heterocycles. The molecular weight excluding hydrogens is 268 g/mol. The van der Waals surface area contributed by atoms with Crippen molar-refractivity contribution in [3.05, 3.63) is 40.6 Å². The molecule has 0 saturated heterocycles. The SMILES string of the molecule is O=[N+]([O-])c1cccc2cc(S(=O)(=O)Cl)cnc12. The van der Waals surface area contributed by atoms with Crippen LogP contribution in [0, 0.1) is 10.1 Å². The fourth-order valence-electron chi connectivity index (χ4n) is 1.41. The summed E-state index contributed by atoms with van der Waals surface area (Å²) in [5.41, 5.74) is -0.0532. The Morgan fingerprint density at radius 2 is 2.06 bits per heavy atom. The topological polar surface area (TPSA) is 90.2 Å². The summed E-state index contributed by atoms with van der Waals surface area (Å²) in [5.74, 6) is 0. The highest BCUT2D eigenvalue weighted by molar-refractivity contribution is 8.13. The molecule has 0 fully saturated rings. The van der Waals surface area contributed by atoms with Gasteiger partial charge in [0.1, 0.15) is 10.4 Å². The van der Waals surface area contributed by atoms with Gasteiger partial charge in [0.2, 0.25) is 0 Å². The third-order valence-electron chi connectivity index (χ3n) is 2.14. The van der Waals surface area contributed by atoms with Crippen molar-refractivity contribution in [3.63, 3.8) is 0 Å². The van der Waals surface area contributed by atoms with Crippen molar-refractivity contribution in [1.29, 1.82) is 0 Å². The molecule has 88 valence electrons. The van der Waals surface area contributed by atoms with Crippen LogP contribution in [-0.4, -0.2) is 18.3 Å². The lowest BCUT2D eigenvalue weighted by atomic mass is 10.2. The van der Waals surface area contributed by atoms with Crippen LogP contribution in [0.5, 0.6) is 0 Å². The molecule has 0 radical (unpaired) electrons. The van der Waals surface area contributed by atoms with E-state index in [1.165, 1.54) is 24.3 Å². The predicted molar refractivity (Wildman–Crippen MR) is 61.4 cm³/mol. The number of hydrogen-bond acceptors (Lipinski definition) is 5. The van der Waals surface area contributed by atoms with Gasteiger partial charge in [-0.2, -0.15) is 0 Å². The molecule has 17 heavy (non-hydrogen) atoms. The Morgan fingerprint density at radius 1 is 1.35 bits per heavy atom. The summed E-state index contributed by atoms with van der Waals surface area (Å²) in [6.07, 6.45) is 0.998. The van der Waals surface area contributed by atoms with Gasteiger partial charge in [-0.15, -0.1) is 0 Å². The number of non-ortho nitro benzene ring substituents is 1. The Kier molecular flexibility index (Phi) is 2.72. The van der Waals surface area contributed by atoms with Crippen molar-refractivity contribution in [2.45, 2.75) is 4.90 Å². The zero-order chi connectivity index (χ0) is 12.6. The van der Waals surface area contributed by atoms with Crippen molar-refractivity contribution < 1.29 is 13.3 Å². The normalized spacial score (nSPS) is 11.6. The minimum Gasteiger partial charge on any atom is -0.258 e. The molecule has 1 aromatic heterocycles. The summed E-state index contributed by atoms with van der Waals surface area (Å²) in [6.45, 7) is 0. The monoisotopic (exact) mass is 272 g/mol. The number of nitrogens with zero attached hydrogens (tertiary/aromatic N) is 2. The standard InChI is InChI=1S/C9H5ClN2O4S/c10-17(15,16)7-4-6-2-1-3-8(12(13)14)9(6)11-5-7/h1-5H. The Balaban J connectivity index is 2.78. The highest BCUT2D eigenvalue weighted by Gasteiger charge is 2.16. The molecule has 0 N–H and O–H groups in total. The zero-order valence-electron chi connectivity index (χ0n) is 8.20. The molecular formula is C9H5ClN2O4S. The fourth-order valence-corrected chi connectivity index (χ4v) is 2.10. The minimum absolute atomic E-state index is 0.126. The summed E-state index contributed by atoms with van der Waals surface area (Å²) >= 11 is 0. The van der Waals surface area contributed by atoms with E-state index in [0.29, 0.717) is 5.39 Å². The average Bonchev–Trinajstić information content (AvgIpc) is 2.26. The van der Waals surface area contributed by atoms with E-state index in [0.717, 1.165) is 6.20 Å². The van der Waals surface area contributed by atoms with E-state index in [2.05, 4.69) is 4.98 Å². The third kappa shape index (κ3) is 2.20. The fraction of sp³-hybridized carbons (Fsp3) is 0.